The molecular weight excluding hydrogens is 492 g/mol. The number of hydrogen-bond acceptors (Lipinski definition) is 9. The summed E-state index contributed by atoms with van der Waals surface area (Å²) in [4.78, 5) is 15.6. The first-order valence-electron chi connectivity index (χ1n) is 11.9. The Hall–Kier alpha value is -4.03. The number of anilines is 2. The third kappa shape index (κ3) is 5.54. The highest BCUT2D eigenvalue weighted by Crippen LogP contribution is 2.31. The van der Waals surface area contributed by atoms with E-state index in [0.717, 1.165) is 48.7 Å². The van der Waals surface area contributed by atoms with E-state index >= 15 is 0 Å². The van der Waals surface area contributed by atoms with Crippen LogP contribution in [0, 0.1) is 13.8 Å². The molecule has 192 valence electrons. The Kier molecular flexibility index (Phi) is 6.76. The van der Waals surface area contributed by atoms with E-state index < -0.39 is 10.0 Å². The number of ether oxygens (including phenoxy) is 1. The lowest BCUT2D eigenvalue weighted by atomic mass is 10.00. The summed E-state index contributed by atoms with van der Waals surface area (Å²) in [6.45, 7) is 7.56. The smallest absolute Gasteiger partial charge is 0.267 e. The first-order chi connectivity index (χ1) is 17.8. The summed E-state index contributed by atoms with van der Waals surface area (Å²) in [5.41, 5.74) is 3.40. The molecule has 0 bridgehead atoms. The van der Waals surface area contributed by atoms with E-state index in [1.54, 1.807) is 19.3 Å². The van der Waals surface area contributed by atoms with E-state index in [1.807, 2.05) is 44.2 Å². The van der Waals surface area contributed by atoms with Gasteiger partial charge in [0.25, 0.3) is 10.0 Å². The Labute approximate surface area is 215 Å². The molecule has 5 rings (SSSR count). The average Bonchev–Trinajstić information content (AvgIpc) is 3.32. The van der Waals surface area contributed by atoms with Crippen LogP contribution in [0.2, 0.25) is 0 Å². The minimum Gasteiger partial charge on any atom is -0.437 e. The van der Waals surface area contributed by atoms with Gasteiger partial charge in [-0.05, 0) is 37.1 Å². The topological polar surface area (TPSA) is 127 Å². The number of pyridine rings is 1. The molecule has 37 heavy (non-hydrogen) atoms. The van der Waals surface area contributed by atoms with Gasteiger partial charge in [0, 0.05) is 51.1 Å². The minimum absolute atomic E-state index is 0.00578. The number of aryl methyl sites for hydroxylation is 3. The van der Waals surface area contributed by atoms with Gasteiger partial charge in [0.15, 0.2) is 0 Å². The maximum Gasteiger partial charge on any atom is 0.267 e. The summed E-state index contributed by atoms with van der Waals surface area (Å²) in [6.07, 6.45) is 4.30. The van der Waals surface area contributed by atoms with Crippen molar-refractivity contribution in [1.82, 2.24) is 30.0 Å². The van der Waals surface area contributed by atoms with Crippen LogP contribution in [0.5, 0.6) is 11.6 Å². The summed E-state index contributed by atoms with van der Waals surface area (Å²) >= 11 is 0. The zero-order chi connectivity index (χ0) is 26.0. The maximum atomic E-state index is 12.9. The molecule has 1 fully saturated rings. The summed E-state index contributed by atoms with van der Waals surface area (Å²) in [7, 11) is -2.31. The average molecular weight is 521 g/mol. The van der Waals surface area contributed by atoms with Crippen molar-refractivity contribution in [2.75, 3.05) is 35.8 Å². The number of nitrogens with zero attached hydrogens (tertiary/aromatic N) is 6. The number of benzene rings is 1. The second-order valence-corrected chi connectivity index (χ2v) is 10.5. The molecule has 4 aromatic rings. The number of nitrogens with one attached hydrogen (secondary N) is 2. The molecule has 11 nitrogen and oxygen atoms in total. The quantitative estimate of drug-likeness (QED) is 0.378. The van der Waals surface area contributed by atoms with Crippen LogP contribution in [0.4, 0.5) is 11.8 Å². The lowest BCUT2D eigenvalue weighted by Gasteiger charge is -2.28. The van der Waals surface area contributed by atoms with Crippen LogP contribution < -0.4 is 19.7 Å². The van der Waals surface area contributed by atoms with Gasteiger partial charge < -0.3 is 15.0 Å². The fraction of sp³-hybridized carbons (Fsp3) is 0.280. The van der Waals surface area contributed by atoms with Crippen molar-refractivity contribution in [2.45, 2.75) is 18.7 Å². The van der Waals surface area contributed by atoms with Crippen LogP contribution >= 0.6 is 0 Å². The molecule has 1 aliphatic rings. The maximum absolute atomic E-state index is 12.9. The van der Waals surface area contributed by atoms with Crippen LogP contribution in [-0.2, 0) is 17.1 Å². The number of sulfonamides is 1. The van der Waals surface area contributed by atoms with Crippen LogP contribution in [0.15, 0.2) is 59.9 Å². The highest BCUT2D eigenvalue weighted by atomic mass is 32.2. The molecule has 12 heteroatoms. The Bertz CT molecular complexity index is 1490. The normalized spacial score (nSPS) is 14.0. The van der Waals surface area contributed by atoms with Gasteiger partial charge in [-0.3, -0.25) is 4.68 Å². The molecule has 0 unspecified atom stereocenters. The first-order valence-corrected chi connectivity index (χ1v) is 13.3. The van der Waals surface area contributed by atoms with Gasteiger partial charge in [0.1, 0.15) is 16.5 Å². The number of hydrogen-bond donors (Lipinski definition) is 2. The number of aromatic nitrogens is 5. The second kappa shape index (κ2) is 10.1. The third-order valence-corrected chi connectivity index (χ3v) is 7.32. The van der Waals surface area contributed by atoms with Gasteiger partial charge in [-0.1, -0.05) is 18.2 Å². The van der Waals surface area contributed by atoms with Gasteiger partial charge in [-0.2, -0.15) is 10.1 Å². The number of rotatable bonds is 7. The van der Waals surface area contributed by atoms with Crippen molar-refractivity contribution in [2.24, 2.45) is 7.05 Å². The van der Waals surface area contributed by atoms with Crippen molar-refractivity contribution < 1.29 is 13.2 Å². The van der Waals surface area contributed by atoms with Crippen LogP contribution in [-0.4, -0.2) is 59.3 Å². The molecule has 1 aromatic carbocycles. The molecule has 2 N–H and O–H groups in total. The summed E-state index contributed by atoms with van der Waals surface area (Å²) in [5.74, 6) is 1.43. The predicted octanol–water partition coefficient (Wildman–Crippen LogP) is 2.89. The van der Waals surface area contributed by atoms with E-state index in [0.29, 0.717) is 11.4 Å². The largest absolute Gasteiger partial charge is 0.437 e. The van der Waals surface area contributed by atoms with Crippen LogP contribution in [0.25, 0.3) is 11.3 Å². The molecule has 3 aromatic heterocycles. The van der Waals surface area contributed by atoms with Crippen molar-refractivity contribution in [3.05, 3.63) is 66.1 Å². The minimum atomic E-state index is -3.96. The Morgan fingerprint density at radius 1 is 1.03 bits per heavy atom. The molecule has 0 aliphatic carbocycles. The molecule has 0 radical (unpaired) electrons. The zero-order valence-corrected chi connectivity index (χ0v) is 21.7. The van der Waals surface area contributed by atoms with E-state index in [2.05, 4.69) is 35.0 Å². The van der Waals surface area contributed by atoms with Crippen molar-refractivity contribution >= 4 is 21.8 Å². The molecule has 1 aliphatic heterocycles. The van der Waals surface area contributed by atoms with E-state index in [9.17, 15) is 8.42 Å². The predicted molar refractivity (Wildman–Crippen MR) is 140 cm³/mol. The zero-order valence-electron chi connectivity index (χ0n) is 20.8. The van der Waals surface area contributed by atoms with Gasteiger partial charge >= 0.3 is 0 Å². The fourth-order valence-corrected chi connectivity index (χ4v) is 5.15. The van der Waals surface area contributed by atoms with Crippen LogP contribution in [0.1, 0.15) is 11.1 Å². The van der Waals surface area contributed by atoms with Gasteiger partial charge in [0.2, 0.25) is 11.8 Å². The van der Waals surface area contributed by atoms with Gasteiger partial charge in [-0.25, -0.2) is 23.1 Å². The molecule has 0 saturated carbocycles. The van der Waals surface area contributed by atoms with Crippen molar-refractivity contribution in [3.8, 4) is 22.9 Å². The molecule has 0 spiro atoms. The Morgan fingerprint density at radius 3 is 2.43 bits per heavy atom. The van der Waals surface area contributed by atoms with Gasteiger partial charge in [0.05, 0.1) is 18.1 Å². The SMILES string of the molecule is Cc1cccc(C)c1-c1cc(Oc2ccc(N3CCNCC3)nc2)nc(NS(=O)(=O)c2cnn(C)c2)n1. The fourth-order valence-electron chi connectivity index (χ4n) is 4.22. The number of piperazine rings is 1. The summed E-state index contributed by atoms with van der Waals surface area (Å²) in [5, 5.41) is 7.27. The molecule has 0 atom stereocenters. The van der Waals surface area contributed by atoms with Gasteiger partial charge in [-0.15, -0.1) is 0 Å². The lowest BCUT2D eigenvalue weighted by Crippen LogP contribution is -2.43. The van der Waals surface area contributed by atoms with Crippen molar-refractivity contribution in [1.29, 1.82) is 0 Å². The summed E-state index contributed by atoms with van der Waals surface area (Å²) < 4.78 is 35.8. The lowest BCUT2D eigenvalue weighted by molar-refractivity contribution is 0.460. The van der Waals surface area contributed by atoms with Crippen LogP contribution in [0.3, 0.4) is 0 Å². The first kappa shape index (κ1) is 24.7. The molecule has 4 heterocycles. The Balaban J connectivity index is 1.49. The van der Waals surface area contributed by atoms with E-state index in [1.165, 1.54) is 17.1 Å². The standard InChI is InChI=1S/C25H28N8O3S/c1-17-5-4-6-18(2)24(17)21-13-23(30-25(29-21)31-37(34,35)20-15-28-32(3)16-20)36-19-7-8-22(27-14-19)33-11-9-26-10-12-33/h4-8,13-16,26H,9-12H2,1-3H3,(H,29,30,31). The Morgan fingerprint density at radius 2 is 1.78 bits per heavy atom. The van der Waals surface area contributed by atoms with E-state index in [-0.39, 0.29) is 16.7 Å². The highest BCUT2D eigenvalue weighted by Gasteiger charge is 2.20. The summed E-state index contributed by atoms with van der Waals surface area (Å²) in [6, 6.07) is 11.3. The van der Waals surface area contributed by atoms with E-state index in [4.69, 9.17) is 4.74 Å². The molecule has 0 amide bonds. The highest BCUT2D eigenvalue weighted by molar-refractivity contribution is 7.92. The molecule has 1 saturated heterocycles. The third-order valence-electron chi connectivity index (χ3n) is 6.04. The monoisotopic (exact) mass is 520 g/mol. The molecular formula is C25H28N8O3S. The second-order valence-electron chi connectivity index (χ2n) is 8.83. The van der Waals surface area contributed by atoms with Crippen molar-refractivity contribution in [3.63, 3.8) is 0 Å².